The number of nitrogens with zero attached hydrogens (tertiary/aromatic N) is 1. The molecule has 1 aromatic carbocycles. The number of furan rings is 1. The van der Waals surface area contributed by atoms with Gasteiger partial charge in [0.05, 0.1) is 29.0 Å². The summed E-state index contributed by atoms with van der Waals surface area (Å²) < 4.78 is 5.38. The molecule has 0 radical (unpaired) electrons. The van der Waals surface area contributed by atoms with Gasteiger partial charge < -0.3 is 9.52 Å². The lowest BCUT2D eigenvalue weighted by molar-refractivity contribution is -0.115. The molecule has 4 nitrogen and oxygen atoms in total. The summed E-state index contributed by atoms with van der Waals surface area (Å²) >= 11 is 1.43. The highest BCUT2D eigenvalue weighted by atomic mass is 32.2. The lowest BCUT2D eigenvalue weighted by Crippen LogP contribution is -2.20. The van der Waals surface area contributed by atoms with Crippen LogP contribution >= 0.6 is 11.8 Å². The van der Waals surface area contributed by atoms with Gasteiger partial charge in [-0.15, -0.1) is 0 Å². The summed E-state index contributed by atoms with van der Waals surface area (Å²) in [5, 5.41) is 9.73. The monoisotopic (exact) mass is 299 g/mol. The van der Waals surface area contributed by atoms with Gasteiger partial charge in [-0.3, -0.25) is 4.79 Å². The number of hydrogen-bond acceptors (Lipinski definition) is 5. The van der Waals surface area contributed by atoms with Crippen LogP contribution in [0.5, 0.6) is 0 Å². The van der Waals surface area contributed by atoms with Crippen molar-refractivity contribution in [3.05, 3.63) is 66.3 Å². The molecule has 0 amide bonds. The predicted octanol–water partition coefficient (Wildman–Crippen LogP) is 4.20. The fraction of sp³-hybridized carbons (Fsp3) is 0.125. The molecule has 5 heteroatoms. The Bertz CT molecular complexity index is 690. The average Bonchev–Trinajstić information content (AvgIpc) is 3.02. The van der Waals surface area contributed by atoms with Gasteiger partial charge in [0.2, 0.25) is 0 Å². The molecular formula is C16H13NO3S. The fourth-order valence-corrected chi connectivity index (χ4v) is 3.31. The van der Waals surface area contributed by atoms with E-state index in [0.717, 1.165) is 17.7 Å². The van der Waals surface area contributed by atoms with Crippen molar-refractivity contribution < 1.29 is 14.3 Å². The predicted molar refractivity (Wildman–Crippen MR) is 82.9 cm³/mol. The smallest absolute Gasteiger partial charge is 0.170 e. The fourth-order valence-electron chi connectivity index (χ4n) is 2.10. The average molecular weight is 299 g/mol. The van der Waals surface area contributed by atoms with E-state index in [1.165, 1.54) is 11.8 Å². The van der Waals surface area contributed by atoms with Crippen molar-refractivity contribution in [3.8, 4) is 0 Å². The lowest BCUT2D eigenvalue weighted by Gasteiger charge is -2.21. The van der Waals surface area contributed by atoms with E-state index >= 15 is 0 Å². The summed E-state index contributed by atoms with van der Waals surface area (Å²) in [6.45, 7) is 0. The van der Waals surface area contributed by atoms with E-state index in [4.69, 9.17) is 4.42 Å². The first-order valence-corrected chi connectivity index (χ1v) is 7.37. The molecule has 3 rings (SSSR count). The van der Waals surface area contributed by atoms with Crippen molar-refractivity contribution in [2.24, 2.45) is 4.99 Å². The number of Topliss-reactive ketones (excluding diaryl/α,β-unsaturated/α-hetero) is 1. The quantitative estimate of drug-likeness (QED) is 0.667. The third-order valence-corrected chi connectivity index (χ3v) is 4.35. The standard InChI is InChI=1S/C16H13NO3S/c18-10-12-13(19)9-15(14-7-4-8-20-14)21-16(12)17-11-5-2-1-3-6-11/h1-8,10,15,18H,9H2/b12-10-,17-16?/t15-/m1/s1. The molecule has 1 N–H and O–H groups in total. The van der Waals surface area contributed by atoms with Gasteiger partial charge in [0.1, 0.15) is 10.8 Å². The van der Waals surface area contributed by atoms with Crippen LogP contribution in [0.3, 0.4) is 0 Å². The highest BCUT2D eigenvalue weighted by Gasteiger charge is 2.32. The Kier molecular flexibility index (Phi) is 3.92. The van der Waals surface area contributed by atoms with E-state index in [9.17, 15) is 9.90 Å². The molecule has 0 spiro atoms. The lowest BCUT2D eigenvalue weighted by atomic mass is 10.1. The Hall–Kier alpha value is -2.27. The van der Waals surface area contributed by atoms with Crippen molar-refractivity contribution in [1.29, 1.82) is 0 Å². The number of aliphatic hydroxyl groups is 1. The molecule has 2 heterocycles. The maximum absolute atomic E-state index is 12.2. The minimum absolute atomic E-state index is 0.112. The maximum Gasteiger partial charge on any atom is 0.170 e. The van der Waals surface area contributed by atoms with Gasteiger partial charge in [-0.25, -0.2) is 4.99 Å². The number of aliphatic imine (C=N–C) groups is 1. The zero-order chi connectivity index (χ0) is 14.7. The van der Waals surface area contributed by atoms with E-state index in [-0.39, 0.29) is 16.6 Å². The molecule has 1 aliphatic heterocycles. The van der Waals surface area contributed by atoms with Gasteiger partial charge in [0.15, 0.2) is 5.78 Å². The molecule has 0 unspecified atom stereocenters. The molecule has 1 fully saturated rings. The number of thioether (sulfide) groups is 1. The number of aliphatic hydroxyl groups excluding tert-OH is 1. The third kappa shape index (κ3) is 2.92. The van der Waals surface area contributed by atoms with Crippen LogP contribution in [-0.2, 0) is 4.79 Å². The first-order chi connectivity index (χ1) is 10.3. The molecule has 1 aliphatic rings. The first-order valence-electron chi connectivity index (χ1n) is 6.49. The number of carbonyl (C=O) groups is 1. The largest absolute Gasteiger partial charge is 0.515 e. The molecular weight excluding hydrogens is 286 g/mol. The number of hydrogen-bond donors (Lipinski definition) is 1. The van der Waals surface area contributed by atoms with Crippen molar-refractivity contribution >= 4 is 28.3 Å². The zero-order valence-electron chi connectivity index (χ0n) is 11.1. The van der Waals surface area contributed by atoms with Crippen molar-refractivity contribution in [3.63, 3.8) is 0 Å². The maximum atomic E-state index is 12.2. The summed E-state index contributed by atoms with van der Waals surface area (Å²) in [5.74, 6) is 0.610. The second-order valence-electron chi connectivity index (χ2n) is 4.54. The second kappa shape index (κ2) is 6.01. The van der Waals surface area contributed by atoms with Crippen molar-refractivity contribution in [1.82, 2.24) is 0 Å². The Morgan fingerprint density at radius 2 is 2.05 bits per heavy atom. The molecule has 106 valence electrons. The van der Waals surface area contributed by atoms with Crippen LogP contribution in [0.1, 0.15) is 17.4 Å². The van der Waals surface area contributed by atoms with Gasteiger partial charge in [0.25, 0.3) is 0 Å². The second-order valence-corrected chi connectivity index (χ2v) is 5.74. The minimum Gasteiger partial charge on any atom is -0.515 e. The van der Waals surface area contributed by atoms with E-state index in [2.05, 4.69) is 4.99 Å². The summed E-state index contributed by atoms with van der Waals surface area (Å²) in [6.07, 6.45) is 2.72. The van der Waals surface area contributed by atoms with Gasteiger partial charge >= 0.3 is 0 Å². The molecule has 1 saturated heterocycles. The van der Waals surface area contributed by atoms with Crippen LogP contribution in [0, 0.1) is 0 Å². The minimum atomic E-state index is -0.132. The van der Waals surface area contributed by atoms with Gasteiger partial charge in [0, 0.05) is 6.42 Å². The Balaban J connectivity index is 1.95. The molecule has 21 heavy (non-hydrogen) atoms. The summed E-state index contributed by atoms with van der Waals surface area (Å²) in [7, 11) is 0. The summed E-state index contributed by atoms with van der Waals surface area (Å²) in [6, 6.07) is 13.0. The zero-order valence-corrected chi connectivity index (χ0v) is 11.9. The van der Waals surface area contributed by atoms with Crippen molar-refractivity contribution in [2.75, 3.05) is 0 Å². The molecule has 1 aromatic heterocycles. The van der Waals surface area contributed by atoms with Gasteiger partial charge in [-0.2, -0.15) is 0 Å². The van der Waals surface area contributed by atoms with Crippen LogP contribution < -0.4 is 0 Å². The normalized spacial score (nSPS) is 22.9. The Labute approximate surface area is 126 Å². The Morgan fingerprint density at radius 1 is 1.24 bits per heavy atom. The van der Waals surface area contributed by atoms with Crippen LogP contribution in [0.15, 0.2) is 70.0 Å². The number of rotatable bonds is 2. The van der Waals surface area contributed by atoms with E-state index in [0.29, 0.717) is 11.5 Å². The third-order valence-electron chi connectivity index (χ3n) is 3.13. The molecule has 0 bridgehead atoms. The molecule has 0 aliphatic carbocycles. The van der Waals surface area contributed by atoms with Crippen LogP contribution in [0.4, 0.5) is 5.69 Å². The van der Waals surface area contributed by atoms with Crippen LogP contribution in [0.2, 0.25) is 0 Å². The summed E-state index contributed by atoms with van der Waals surface area (Å²) in [4.78, 5) is 16.6. The van der Waals surface area contributed by atoms with Gasteiger partial charge in [-0.1, -0.05) is 30.0 Å². The first kappa shape index (κ1) is 13.7. The number of benzene rings is 1. The van der Waals surface area contributed by atoms with Crippen molar-refractivity contribution in [2.45, 2.75) is 11.7 Å². The molecule has 2 aromatic rings. The van der Waals surface area contributed by atoms with Crippen LogP contribution in [-0.4, -0.2) is 15.9 Å². The van der Waals surface area contributed by atoms with E-state index in [1.807, 2.05) is 36.4 Å². The van der Waals surface area contributed by atoms with Crippen LogP contribution in [0.25, 0.3) is 0 Å². The molecule has 0 saturated carbocycles. The highest BCUT2D eigenvalue weighted by Crippen LogP contribution is 2.41. The Morgan fingerprint density at radius 3 is 2.71 bits per heavy atom. The molecule has 1 atom stereocenters. The van der Waals surface area contributed by atoms with Gasteiger partial charge in [-0.05, 0) is 24.3 Å². The SMILES string of the molecule is O=C1C[C@H](c2ccco2)SC(=Nc2ccccc2)/C1=C\O. The number of carbonyl (C=O) groups excluding carboxylic acids is 1. The topological polar surface area (TPSA) is 62.8 Å². The number of para-hydroxylation sites is 1. The number of ketones is 1. The highest BCUT2D eigenvalue weighted by molar-refractivity contribution is 8.14. The van der Waals surface area contributed by atoms with E-state index < -0.39 is 0 Å². The van der Waals surface area contributed by atoms with E-state index in [1.54, 1.807) is 12.3 Å². The summed E-state index contributed by atoms with van der Waals surface area (Å²) in [5.41, 5.74) is 0.999.